The summed E-state index contributed by atoms with van der Waals surface area (Å²) in [6, 6.07) is 21.0. The first-order chi connectivity index (χ1) is 16.0. The summed E-state index contributed by atoms with van der Waals surface area (Å²) in [5.41, 5.74) is 4.02. The van der Waals surface area contributed by atoms with Crippen molar-refractivity contribution in [3.63, 3.8) is 0 Å². The van der Waals surface area contributed by atoms with Crippen LogP contribution in [0.3, 0.4) is 0 Å². The standard InChI is InChI=1S/C27H21F2N3O/c1-17-6-5-9-21(25(17)29)24-16-32-26(22(30-24)14-18-7-3-2-4-8-18)31-23(27(32)33)15-19-10-12-20(28)13-11-19/h2-13,16,30H,14-15H2,1H3. The number of benzene rings is 3. The van der Waals surface area contributed by atoms with E-state index in [1.165, 1.54) is 16.7 Å². The smallest absolute Gasteiger partial charge is 0.278 e. The van der Waals surface area contributed by atoms with Gasteiger partial charge in [0.1, 0.15) is 17.3 Å². The minimum absolute atomic E-state index is 0.271. The monoisotopic (exact) mass is 441 g/mol. The van der Waals surface area contributed by atoms with Crippen LogP contribution in [0.15, 0.2) is 83.8 Å². The van der Waals surface area contributed by atoms with Crippen LogP contribution in [0.5, 0.6) is 0 Å². The molecular weight excluding hydrogens is 420 g/mol. The number of aryl methyl sites for hydroxylation is 1. The summed E-state index contributed by atoms with van der Waals surface area (Å²) in [5, 5.41) is 0. The molecule has 3 aromatic rings. The SMILES string of the molecule is Cc1cccc(-c2cn3c(=O)c(Cc4ccc(F)cc4)nc-3c(Cc3ccccc3)[nH]2)c1F. The lowest BCUT2D eigenvalue weighted by atomic mass is 10.1. The highest BCUT2D eigenvalue weighted by Gasteiger charge is 2.21. The van der Waals surface area contributed by atoms with Gasteiger partial charge in [-0.15, -0.1) is 0 Å². The molecule has 0 aromatic heterocycles. The number of halogens is 2. The second-order valence-corrected chi connectivity index (χ2v) is 8.11. The molecule has 164 valence electrons. The zero-order valence-electron chi connectivity index (χ0n) is 18.0. The number of hydrogen-bond donors (Lipinski definition) is 1. The van der Waals surface area contributed by atoms with Gasteiger partial charge in [0.05, 0.1) is 11.4 Å². The lowest BCUT2D eigenvalue weighted by Crippen LogP contribution is -2.18. The van der Waals surface area contributed by atoms with Crippen LogP contribution in [-0.2, 0) is 12.8 Å². The molecule has 0 fully saturated rings. The summed E-state index contributed by atoms with van der Waals surface area (Å²) in [4.78, 5) is 21.2. The predicted octanol–water partition coefficient (Wildman–Crippen LogP) is 5.43. The molecule has 0 saturated carbocycles. The molecule has 5 rings (SSSR count). The molecule has 0 atom stereocenters. The van der Waals surface area contributed by atoms with E-state index in [4.69, 9.17) is 0 Å². The number of rotatable bonds is 5. The summed E-state index contributed by atoms with van der Waals surface area (Å²) in [7, 11) is 0. The largest absolute Gasteiger partial charge is 0.354 e. The average Bonchev–Trinajstić information content (AvgIpc) is 3.13. The van der Waals surface area contributed by atoms with Crippen LogP contribution < -0.4 is 5.56 Å². The van der Waals surface area contributed by atoms with Gasteiger partial charge in [0.2, 0.25) is 0 Å². The fourth-order valence-corrected chi connectivity index (χ4v) is 4.00. The van der Waals surface area contributed by atoms with E-state index in [2.05, 4.69) is 9.97 Å². The van der Waals surface area contributed by atoms with Gasteiger partial charge in [-0.25, -0.2) is 13.8 Å². The first kappa shape index (κ1) is 20.8. The molecule has 2 aliphatic rings. The van der Waals surface area contributed by atoms with E-state index in [9.17, 15) is 13.6 Å². The Kier molecular flexibility index (Phi) is 5.34. The van der Waals surface area contributed by atoms with Crippen molar-refractivity contribution in [2.45, 2.75) is 19.8 Å². The van der Waals surface area contributed by atoms with Gasteiger partial charge in [0, 0.05) is 24.6 Å². The highest BCUT2D eigenvalue weighted by molar-refractivity contribution is 5.62. The van der Waals surface area contributed by atoms with Gasteiger partial charge in [-0.3, -0.25) is 9.36 Å². The summed E-state index contributed by atoms with van der Waals surface area (Å²) >= 11 is 0. The normalized spacial score (nSPS) is 11.2. The summed E-state index contributed by atoms with van der Waals surface area (Å²) in [6.07, 6.45) is 2.38. The van der Waals surface area contributed by atoms with Gasteiger partial charge in [0.15, 0.2) is 5.82 Å². The molecule has 33 heavy (non-hydrogen) atoms. The topological polar surface area (TPSA) is 50.7 Å². The zero-order chi connectivity index (χ0) is 22.9. The Morgan fingerprint density at radius 1 is 0.879 bits per heavy atom. The van der Waals surface area contributed by atoms with Crippen LogP contribution >= 0.6 is 0 Å². The van der Waals surface area contributed by atoms with Crippen molar-refractivity contribution in [3.8, 4) is 17.1 Å². The van der Waals surface area contributed by atoms with E-state index in [1.54, 1.807) is 43.5 Å². The number of imidazole rings is 1. The molecule has 0 spiro atoms. The van der Waals surface area contributed by atoms with Crippen LogP contribution in [0.2, 0.25) is 0 Å². The maximum Gasteiger partial charge on any atom is 0.278 e. The van der Waals surface area contributed by atoms with E-state index in [0.717, 1.165) is 11.1 Å². The third kappa shape index (κ3) is 4.07. The van der Waals surface area contributed by atoms with Crippen molar-refractivity contribution in [1.82, 2.24) is 14.5 Å². The summed E-state index contributed by atoms with van der Waals surface area (Å²) in [5.74, 6) is -0.170. The molecule has 3 aromatic carbocycles. The van der Waals surface area contributed by atoms with Crippen LogP contribution in [-0.4, -0.2) is 14.5 Å². The van der Waals surface area contributed by atoms with Crippen molar-refractivity contribution in [3.05, 3.63) is 129 Å². The van der Waals surface area contributed by atoms with Gasteiger partial charge < -0.3 is 4.98 Å². The summed E-state index contributed by atoms with van der Waals surface area (Å²) in [6.45, 7) is 1.71. The number of aromatic amines is 1. The second-order valence-electron chi connectivity index (χ2n) is 8.11. The fourth-order valence-electron chi connectivity index (χ4n) is 4.00. The number of aromatic nitrogens is 3. The molecule has 0 aliphatic carbocycles. The maximum absolute atomic E-state index is 14.9. The Hall–Kier alpha value is -4.06. The Bertz CT molecular complexity index is 1450. The van der Waals surface area contributed by atoms with Crippen LogP contribution in [0.1, 0.15) is 28.1 Å². The number of hydrogen-bond acceptors (Lipinski definition) is 2. The van der Waals surface area contributed by atoms with Crippen molar-refractivity contribution in [1.29, 1.82) is 0 Å². The van der Waals surface area contributed by atoms with Crippen molar-refractivity contribution in [2.24, 2.45) is 0 Å². The molecular formula is C27H21F2N3O. The van der Waals surface area contributed by atoms with Gasteiger partial charge in [-0.2, -0.15) is 0 Å². The third-order valence-corrected chi connectivity index (χ3v) is 5.74. The van der Waals surface area contributed by atoms with Gasteiger partial charge >= 0.3 is 0 Å². The zero-order valence-corrected chi connectivity index (χ0v) is 18.0. The Morgan fingerprint density at radius 2 is 1.61 bits per heavy atom. The minimum atomic E-state index is -0.335. The molecule has 0 saturated heterocycles. The molecule has 0 bridgehead atoms. The van der Waals surface area contributed by atoms with Crippen LogP contribution in [0, 0.1) is 18.6 Å². The highest BCUT2D eigenvalue weighted by Crippen LogP contribution is 2.27. The number of nitrogens with zero attached hydrogens (tertiary/aromatic N) is 2. The third-order valence-electron chi connectivity index (χ3n) is 5.74. The maximum atomic E-state index is 14.9. The number of H-pyrrole nitrogens is 1. The van der Waals surface area contributed by atoms with E-state index in [1.807, 2.05) is 30.3 Å². The molecule has 2 aliphatic heterocycles. The number of nitrogens with one attached hydrogen (secondary N) is 1. The first-order valence-corrected chi connectivity index (χ1v) is 10.7. The van der Waals surface area contributed by atoms with Crippen molar-refractivity contribution in [2.75, 3.05) is 0 Å². The van der Waals surface area contributed by atoms with Gasteiger partial charge in [-0.1, -0.05) is 54.6 Å². The molecule has 1 N–H and O–H groups in total. The quantitative estimate of drug-likeness (QED) is 0.395. The van der Waals surface area contributed by atoms with Crippen molar-refractivity contribution >= 4 is 0 Å². The van der Waals surface area contributed by atoms with Crippen LogP contribution in [0.4, 0.5) is 8.78 Å². The molecule has 0 amide bonds. The Balaban J connectivity index is 1.67. The minimum Gasteiger partial charge on any atom is -0.354 e. The second kappa shape index (κ2) is 8.47. The van der Waals surface area contributed by atoms with E-state index in [-0.39, 0.29) is 23.6 Å². The average molecular weight is 441 g/mol. The van der Waals surface area contributed by atoms with Crippen LogP contribution in [0.25, 0.3) is 17.1 Å². The number of fused-ring (bicyclic) bond motifs is 1. The van der Waals surface area contributed by atoms with Gasteiger partial charge in [-0.05, 0) is 41.8 Å². The first-order valence-electron chi connectivity index (χ1n) is 10.7. The molecule has 0 unspecified atom stereocenters. The predicted molar refractivity (Wildman–Crippen MR) is 124 cm³/mol. The van der Waals surface area contributed by atoms with E-state index < -0.39 is 0 Å². The van der Waals surface area contributed by atoms with Crippen molar-refractivity contribution < 1.29 is 8.78 Å². The van der Waals surface area contributed by atoms with E-state index >= 15 is 0 Å². The molecule has 4 nitrogen and oxygen atoms in total. The molecule has 2 heterocycles. The van der Waals surface area contributed by atoms with Gasteiger partial charge in [0.25, 0.3) is 5.56 Å². The Labute approximate surface area is 189 Å². The molecule has 6 heteroatoms. The van der Waals surface area contributed by atoms with E-state index in [0.29, 0.717) is 40.4 Å². The summed E-state index contributed by atoms with van der Waals surface area (Å²) < 4.78 is 29.7. The fraction of sp³-hybridized carbons (Fsp3) is 0.111. The lowest BCUT2D eigenvalue weighted by Gasteiger charge is -2.14. The molecule has 0 radical (unpaired) electrons. The Morgan fingerprint density at radius 3 is 2.36 bits per heavy atom. The highest BCUT2D eigenvalue weighted by atomic mass is 19.1. The lowest BCUT2D eigenvalue weighted by molar-refractivity contribution is 0.621.